The first-order valence-electron chi connectivity index (χ1n) is 8.23. The number of hydrogen-bond acceptors (Lipinski definition) is 1. The Bertz CT molecular complexity index is 525. The van der Waals surface area contributed by atoms with Crippen molar-refractivity contribution in [1.29, 1.82) is 0 Å². The Morgan fingerprint density at radius 3 is 2.27 bits per heavy atom. The fourth-order valence-electron chi connectivity index (χ4n) is 3.00. The topological polar surface area (TPSA) is 41.1 Å². The summed E-state index contributed by atoms with van der Waals surface area (Å²) in [6.45, 7) is 10.0. The molecule has 1 saturated carbocycles. The van der Waals surface area contributed by atoms with Gasteiger partial charge in [-0.1, -0.05) is 55.7 Å². The number of allylic oxidation sites excluding steroid dienone is 1. The van der Waals surface area contributed by atoms with E-state index >= 15 is 0 Å². The van der Waals surface area contributed by atoms with Gasteiger partial charge in [0.1, 0.15) is 0 Å². The van der Waals surface area contributed by atoms with E-state index in [0.29, 0.717) is 6.04 Å². The standard InChI is InChI=1S/C19H28N2O/c1-14(2)15-10-12-16(13-11-15)19(3,4)21-18(22)20-17-8-6-5-7-9-17/h10-13,17H,1,5-9H2,2-4H3,(H2,20,21,22). The maximum absolute atomic E-state index is 12.2. The second-order valence-corrected chi connectivity index (χ2v) is 6.92. The molecule has 1 aliphatic rings. The lowest BCUT2D eigenvalue weighted by molar-refractivity contribution is 0.222. The fraction of sp³-hybridized carbons (Fsp3) is 0.526. The smallest absolute Gasteiger partial charge is 0.315 e. The number of carbonyl (C=O) groups is 1. The first kappa shape index (κ1) is 16.6. The van der Waals surface area contributed by atoms with Gasteiger partial charge in [-0.15, -0.1) is 0 Å². The summed E-state index contributed by atoms with van der Waals surface area (Å²) in [6, 6.07) is 8.49. The van der Waals surface area contributed by atoms with Crippen molar-refractivity contribution >= 4 is 11.6 Å². The van der Waals surface area contributed by atoms with E-state index < -0.39 is 5.54 Å². The number of benzene rings is 1. The van der Waals surface area contributed by atoms with Crippen LogP contribution in [0.25, 0.3) is 5.57 Å². The highest BCUT2D eigenvalue weighted by molar-refractivity contribution is 5.75. The van der Waals surface area contributed by atoms with Crippen molar-refractivity contribution in [1.82, 2.24) is 10.6 Å². The lowest BCUT2D eigenvalue weighted by atomic mass is 9.92. The average Bonchev–Trinajstić information content (AvgIpc) is 2.47. The molecule has 0 heterocycles. The molecule has 1 aliphatic carbocycles. The summed E-state index contributed by atoms with van der Waals surface area (Å²) in [5.74, 6) is 0. The summed E-state index contributed by atoms with van der Waals surface area (Å²) in [5.41, 5.74) is 2.88. The summed E-state index contributed by atoms with van der Waals surface area (Å²) >= 11 is 0. The summed E-state index contributed by atoms with van der Waals surface area (Å²) in [5, 5.41) is 6.21. The van der Waals surface area contributed by atoms with Crippen LogP contribution in [-0.4, -0.2) is 12.1 Å². The quantitative estimate of drug-likeness (QED) is 0.839. The molecule has 0 saturated heterocycles. The molecule has 0 radical (unpaired) electrons. The van der Waals surface area contributed by atoms with Crippen LogP contribution >= 0.6 is 0 Å². The van der Waals surface area contributed by atoms with Crippen LogP contribution in [0.5, 0.6) is 0 Å². The molecule has 2 N–H and O–H groups in total. The molecule has 3 heteroatoms. The summed E-state index contributed by atoms with van der Waals surface area (Å²) in [6.07, 6.45) is 5.93. The van der Waals surface area contributed by atoms with Gasteiger partial charge in [-0.3, -0.25) is 0 Å². The highest BCUT2D eigenvalue weighted by atomic mass is 16.2. The highest BCUT2D eigenvalue weighted by Gasteiger charge is 2.24. The minimum atomic E-state index is -0.396. The van der Waals surface area contributed by atoms with Gasteiger partial charge in [0.15, 0.2) is 0 Å². The Balaban J connectivity index is 1.96. The van der Waals surface area contributed by atoms with Crippen molar-refractivity contribution in [2.24, 2.45) is 0 Å². The molecule has 0 unspecified atom stereocenters. The Kier molecular flexibility index (Phi) is 5.28. The van der Waals surface area contributed by atoms with Gasteiger partial charge in [-0.05, 0) is 44.7 Å². The van der Waals surface area contributed by atoms with E-state index in [-0.39, 0.29) is 6.03 Å². The molecule has 120 valence electrons. The van der Waals surface area contributed by atoms with Crippen LogP contribution in [0.15, 0.2) is 30.8 Å². The molecule has 2 rings (SSSR count). The molecule has 0 bridgehead atoms. The predicted octanol–water partition coefficient (Wildman–Crippen LogP) is 4.59. The lowest BCUT2D eigenvalue weighted by Gasteiger charge is -2.30. The van der Waals surface area contributed by atoms with Crippen LogP contribution in [0.3, 0.4) is 0 Å². The van der Waals surface area contributed by atoms with Crippen LogP contribution in [0.2, 0.25) is 0 Å². The van der Waals surface area contributed by atoms with Crippen LogP contribution < -0.4 is 10.6 Å². The van der Waals surface area contributed by atoms with Crippen LogP contribution in [0, 0.1) is 0 Å². The van der Waals surface area contributed by atoms with Gasteiger partial charge >= 0.3 is 6.03 Å². The summed E-state index contributed by atoms with van der Waals surface area (Å²) < 4.78 is 0. The number of hydrogen-bond donors (Lipinski definition) is 2. The zero-order valence-electron chi connectivity index (χ0n) is 14.0. The molecule has 0 aromatic heterocycles. The summed E-state index contributed by atoms with van der Waals surface area (Å²) in [7, 11) is 0. The maximum atomic E-state index is 12.2. The molecule has 1 aromatic carbocycles. The van der Waals surface area contributed by atoms with E-state index in [9.17, 15) is 4.79 Å². The third-order valence-corrected chi connectivity index (χ3v) is 4.47. The molecule has 3 nitrogen and oxygen atoms in total. The third kappa shape index (κ3) is 4.36. The van der Waals surface area contributed by atoms with Gasteiger partial charge in [0.2, 0.25) is 0 Å². The van der Waals surface area contributed by atoms with Gasteiger partial charge in [0, 0.05) is 6.04 Å². The Morgan fingerprint density at radius 2 is 1.73 bits per heavy atom. The van der Waals surface area contributed by atoms with Gasteiger partial charge in [-0.2, -0.15) is 0 Å². The normalized spacial score (nSPS) is 16.1. The van der Waals surface area contributed by atoms with Crippen LogP contribution in [-0.2, 0) is 5.54 Å². The van der Waals surface area contributed by atoms with Crippen LogP contribution in [0.4, 0.5) is 4.79 Å². The van der Waals surface area contributed by atoms with Crippen molar-refractivity contribution in [3.8, 4) is 0 Å². The minimum Gasteiger partial charge on any atom is -0.335 e. The van der Waals surface area contributed by atoms with E-state index in [1.54, 1.807) is 0 Å². The zero-order chi connectivity index (χ0) is 16.2. The van der Waals surface area contributed by atoms with Gasteiger partial charge < -0.3 is 10.6 Å². The Morgan fingerprint density at radius 1 is 1.14 bits per heavy atom. The largest absolute Gasteiger partial charge is 0.335 e. The fourth-order valence-corrected chi connectivity index (χ4v) is 3.00. The Hall–Kier alpha value is -1.77. The zero-order valence-corrected chi connectivity index (χ0v) is 14.0. The van der Waals surface area contributed by atoms with E-state index in [4.69, 9.17) is 0 Å². The van der Waals surface area contributed by atoms with Crippen LogP contribution in [0.1, 0.15) is 64.0 Å². The third-order valence-electron chi connectivity index (χ3n) is 4.47. The first-order valence-corrected chi connectivity index (χ1v) is 8.23. The van der Waals surface area contributed by atoms with Gasteiger partial charge in [0.25, 0.3) is 0 Å². The molecule has 1 aromatic rings. The lowest BCUT2D eigenvalue weighted by Crippen LogP contribution is -2.49. The van der Waals surface area contributed by atoms with Crippen molar-refractivity contribution in [2.75, 3.05) is 0 Å². The number of urea groups is 1. The van der Waals surface area contributed by atoms with E-state index in [0.717, 1.165) is 29.5 Å². The predicted molar refractivity (Wildman–Crippen MR) is 92.7 cm³/mol. The SMILES string of the molecule is C=C(C)c1ccc(C(C)(C)NC(=O)NC2CCCCC2)cc1. The average molecular weight is 300 g/mol. The molecular weight excluding hydrogens is 272 g/mol. The molecule has 2 amide bonds. The number of carbonyl (C=O) groups excluding carboxylic acids is 1. The molecule has 0 spiro atoms. The molecular formula is C19H28N2O. The second kappa shape index (κ2) is 6.99. The summed E-state index contributed by atoms with van der Waals surface area (Å²) in [4.78, 5) is 12.2. The second-order valence-electron chi connectivity index (χ2n) is 6.92. The number of rotatable bonds is 4. The van der Waals surface area contributed by atoms with Crippen molar-refractivity contribution in [2.45, 2.75) is 64.5 Å². The van der Waals surface area contributed by atoms with Gasteiger partial charge in [0.05, 0.1) is 5.54 Å². The number of nitrogens with one attached hydrogen (secondary N) is 2. The molecule has 22 heavy (non-hydrogen) atoms. The van der Waals surface area contributed by atoms with Gasteiger partial charge in [-0.25, -0.2) is 4.79 Å². The molecule has 0 aliphatic heterocycles. The number of amides is 2. The van der Waals surface area contributed by atoms with Crippen molar-refractivity contribution in [3.63, 3.8) is 0 Å². The minimum absolute atomic E-state index is 0.0686. The van der Waals surface area contributed by atoms with E-state index in [2.05, 4.69) is 41.5 Å². The molecule has 0 atom stereocenters. The Labute approximate surface area is 134 Å². The molecule has 1 fully saturated rings. The first-order chi connectivity index (χ1) is 10.4. The monoisotopic (exact) mass is 300 g/mol. The van der Waals surface area contributed by atoms with Crippen molar-refractivity contribution < 1.29 is 4.79 Å². The van der Waals surface area contributed by atoms with E-state index in [1.807, 2.05) is 20.8 Å². The highest BCUT2D eigenvalue weighted by Crippen LogP contribution is 2.23. The van der Waals surface area contributed by atoms with E-state index in [1.165, 1.54) is 19.3 Å². The maximum Gasteiger partial charge on any atom is 0.315 e. The van der Waals surface area contributed by atoms with Crippen molar-refractivity contribution in [3.05, 3.63) is 42.0 Å².